The van der Waals surface area contributed by atoms with Gasteiger partial charge in [-0.1, -0.05) is 0 Å². The second-order valence-corrected chi connectivity index (χ2v) is 4.88. The minimum Gasteiger partial charge on any atom is -0.459 e. The highest BCUT2D eigenvalue weighted by molar-refractivity contribution is 5.93. The van der Waals surface area contributed by atoms with Crippen LogP contribution in [0, 0.1) is 0 Å². The smallest absolute Gasteiger partial charge is 0.338 e. The molecule has 1 amide bonds. The lowest BCUT2D eigenvalue weighted by Gasteiger charge is -2.13. The quantitative estimate of drug-likeness (QED) is 0.745. The summed E-state index contributed by atoms with van der Waals surface area (Å²) in [7, 11) is 1.51. The molecule has 1 aromatic rings. The molecule has 6 heteroatoms. The van der Waals surface area contributed by atoms with E-state index in [0.717, 1.165) is 0 Å². The van der Waals surface area contributed by atoms with Crippen LogP contribution in [0.25, 0.3) is 0 Å². The number of hydrogen-bond acceptors (Lipinski definition) is 5. The second kappa shape index (κ2) is 8.39. The minimum absolute atomic E-state index is 0.167. The molecule has 6 nitrogen and oxygen atoms in total. The summed E-state index contributed by atoms with van der Waals surface area (Å²) in [5.74, 6) is -0.574. The number of esters is 1. The van der Waals surface area contributed by atoms with Crippen molar-refractivity contribution in [3.63, 3.8) is 0 Å². The maximum absolute atomic E-state index is 11.8. The highest BCUT2D eigenvalue weighted by Gasteiger charge is 2.12. The number of nitrogens with two attached hydrogens (primary N) is 1. The monoisotopic (exact) mass is 294 g/mol. The Morgan fingerprint density at radius 3 is 2.33 bits per heavy atom. The molecule has 1 atom stereocenters. The summed E-state index contributed by atoms with van der Waals surface area (Å²) in [5, 5.41) is 2.72. The van der Waals surface area contributed by atoms with Gasteiger partial charge >= 0.3 is 5.97 Å². The van der Waals surface area contributed by atoms with Crippen LogP contribution in [-0.4, -0.2) is 37.7 Å². The molecule has 1 rings (SSSR count). The highest BCUT2D eigenvalue weighted by atomic mass is 16.5. The first-order valence-corrected chi connectivity index (χ1v) is 6.80. The summed E-state index contributed by atoms with van der Waals surface area (Å²) in [6.45, 7) is 3.86. The number of anilines is 1. The Balaban J connectivity index is 2.58. The molecule has 3 N–H and O–H groups in total. The van der Waals surface area contributed by atoms with E-state index in [4.69, 9.17) is 15.2 Å². The standard InChI is InChI=1S/C15H22N2O4/c1-10(2)21-15(19)11-4-6-12(7-5-11)17-14(18)8-13(9-16)20-3/h4-7,10,13H,8-9,16H2,1-3H3,(H,17,18). The molecular weight excluding hydrogens is 272 g/mol. The van der Waals surface area contributed by atoms with E-state index in [1.54, 1.807) is 38.1 Å². The number of ether oxygens (including phenoxy) is 2. The van der Waals surface area contributed by atoms with Gasteiger partial charge in [0.2, 0.25) is 5.91 Å². The number of carbonyl (C=O) groups excluding carboxylic acids is 2. The van der Waals surface area contributed by atoms with Crippen LogP contribution < -0.4 is 11.1 Å². The van der Waals surface area contributed by atoms with Gasteiger partial charge in [-0.15, -0.1) is 0 Å². The summed E-state index contributed by atoms with van der Waals surface area (Å²) in [5.41, 5.74) is 6.51. The molecule has 1 aromatic carbocycles. The van der Waals surface area contributed by atoms with Crippen molar-refractivity contribution in [3.8, 4) is 0 Å². The molecule has 0 heterocycles. The van der Waals surface area contributed by atoms with Gasteiger partial charge in [0.1, 0.15) is 0 Å². The van der Waals surface area contributed by atoms with E-state index in [0.29, 0.717) is 11.3 Å². The Hall–Kier alpha value is -1.92. The van der Waals surface area contributed by atoms with Crippen molar-refractivity contribution in [2.24, 2.45) is 5.73 Å². The topological polar surface area (TPSA) is 90.6 Å². The molecule has 0 aliphatic heterocycles. The summed E-state index contributed by atoms with van der Waals surface area (Å²) in [6, 6.07) is 6.52. The molecule has 0 saturated carbocycles. The van der Waals surface area contributed by atoms with Gasteiger partial charge in [-0.05, 0) is 38.1 Å². The number of rotatable bonds is 7. The fourth-order valence-corrected chi connectivity index (χ4v) is 1.65. The normalized spacial score (nSPS) is 12.0. The lowest BCUT2D eigenvalue weighted by atomic mass is 10.2. The maximum atomic E-state index is 11.8. The van der Waals surface area contributed by atoms with Gasteiger partial charge < -0.3 is 20.5 Å². The summed E-state index contributed by atoms with van der Waals surface area (Å²) in [4.78, 5) is 23.4. The average molecular weight is 294 g/mol. The fraction of sp³-hybridized carbons (Fsp3) is 0.467. The number of methoxy groups -OCH3 is 1. The van der Waals surface area contributed by atoms with E-state index >= 15 is 0 Å². The van der Waals surface area contributed by atoms with Crippen LogP contribution in [0.1, 0.15) is 30.6 Å². The van der Waals surface area contributed by atoms with Crippen LogP contribution >= 0.6 is 0 Å². The van der Waals surface area contributed by atoms with Crippen LogP contribution in [0.15, 0.2) is 24.3 Å². The van der Waals surface area contributed by atoms with Gasteiger partial charge in [0, 0.05) is 19.3 Å². The Morgan fingerprint density at radius 2 is 1.86 bits per heavy atom. The zero-order valence-electron chi connectivity index (χ0n) is 12.6. The number of carbonyl (C=O) groups is 2. The van der Waals surface area contributed by atoms with E-state index in [2.05, 4.69) is 5.32 Å². The molecule has 21 heavy (non-hydrogen) atoms. The van der Waals surface area contributed by atoms with Crippen molar-refractivity contribution in [1.82, 2.24) is 0 Å². The summed E-state index contributed by atoms with van der Waals surface area (Å²) in [6.07, 6.45) is -0.283. The Kier molecular flexibility index (Phi) is 6.84. The van der Waals surface area contributed by atoms with E-state index in [1.807, 2.05) is 0 Å². The first-order valence-electron chi connectivity index (χ1n) is 6.80. The van der Waals surface area contributed by atoms with Gasteiger partial charge in [0.05, 0.1) is 24.2 Å². The van der Waals surface area contributed by atoms with Crippen LogP contribution in [0.5, 0.6) is 0 Å². The van der Waals surface area contributed by atoms with Crippen LogP contribution in [0.3, 0.4) is 0 Å². The lowest BCUT2D eigenvalue weighted by molar-refractivity contribution is -0.118. The average Bonchev–Trinajstić information content (AvgIpc) is 2.44. The van der Waals surface area contributed by atoms with E-state index in [1.165, 1.54) is 7.11 Å². The van der Waals surface area contributed by atoms with Crippen LogP contribution in [-0.2, 0) is 14.3 Å². The van der Waals surface area contributed by atoms with Gasteiger partial charge in [-0.25, -0.2) is 4.79 Å². The van der Waals surface area contributed by atoms with Gasteiger partial charge in [0.15, 0.2) is 0 Å². The predicted molar refractivity (Wildman–Crippen MR) is 80.1 cm³/mol. The van der Waals surface area contributed by atoms with Crippen molar-refractivity contribution in [1.29, 1.82) is 0 Å². The first kappa shape index (κ1) is 17.1. The molecule has 1 unspecified atom stereocenters. The second-order valence-electron chi connectivity index (χ2n) is 4.88. The maximum Gasteiger partial charge on any atom is 0.338 e. The molecule has 0 aliphatic carbocycles. The van der Waals surface area contributed by atoms with Gasteiger partial charge in [0.25, 0.3) is 0 Å². The van der Waals surface area contributed by atoms with Gasteiger partial charge in [-0.3, -0.25) is 4.79 Å². The molecule has 0 fully saturated rings. The Morgan fingerprint density at radius 1 is 1.24 bits per heavy atom. The molecular formula is C15H22N2O4. The van der Waals surface area contributed by atoms with Crippen molar-refractivity contribution in [2.45, 2.75) is 32.5 Å². The number of nitrogens with one attached hydrogen (secondary N) is 1. The van der Waals surface area contributed by atoms with Crippen molar-refractivity contribution < 1.29 is 19.1 Å². The fourth-order valence-electron chi connectivity index (χ4n) is 1.65. The molecule has 0 aliphatic rings. The van der Waals surface area contributed by atoms with Crippen LogP contribution in [0.4, 0.5) is 5.69 Å². The lowest BCUT2D eigenvalue weighted by Crippen LogP contribution is -2.28. The highest BCUT2D eigenvalue weighted by Crippen LogP contribution is 2.12. The van der Waals surface area contributed by atoms with Crippen molar-refractivity contribution in [2.75, 3.05) is 19.0 Å². The molecule has 0 aromatic heterocycles. The number of hydrogen-bond donors (Lipinski definition) is 2. The van der Waals surface area contributed by atoms with Crippen molar-refractivity contribution in [3.05, 3.63) is 29.8 Å². The molecule has 116 valence electrons. The largest absolute Gasteiger partial charge is 0.459 e. The summed E-state index contributed by atoms with van der Waals surface area (Å²) >= 11 is 0. The third-order valence-corrected chi connectivity index (χ3v) is 2.76. The molecule has 0 radical (unpaired) electrons. The minimum atomic E-state index is -0.384. The first-order chi connectivity index (χ1) is 9.96. The molecule has 0 saturated heterocycles. The SMILES string of the molecule is COC(CN)CC(=O)Nc1ccc(C(=O)OC(C)C)cc1. The Bertz CT molecular complexity index is 467. The zero-order chi connectivity index (χ0) is 15.8. The van der Waals surface area contributed by atoms with Crippen LogP contribution in [0.2, 0.25) is 0 Å². The number of amides is 1. The van der Waals surface area contributed by atoms with E-state index in [-0.39, 0.29) is 37.0 Å². The third-order valence-electron chi connectivity index (χ3n) is 2.76. The zero-order valence-corrected chi connectivity index (χ0v) is 12.6. The molecule has 0 bridgehead atoms. The van der Waals surface area contributed by atoms with Gasteiger partial charge in [-0.2, -0.15) is 0 Å². The van der Waals surface area contributed by atoms with E-state index in [9.17, 15) is 9.59 Å². The third kappa shape index (κ3) is 5.93. The molecule has 0 spiro atoms. The predicted octanol–water partition coefficient (Wildman–Crippen LogP) is 1.55. The van der Waals surface area contributed by atoms with E-state index < -0.39 is 0 Å². The number of benzene rings is 1. The Labute approximate surface area is 124 Å². The van der Waals surface area contributed by atoms with Crippen molar-refractivity contribution >= 4 is 17.6 Å². The summed E-state index contributed by atoms with van der Waals surface area (Å²) < 4.78 is 10.1.